The van der Waals surface area contributed by atoms with Gasteiger partial charge in [-0.3, -0.25) is 4.79 Å². The van der Waals surface area contributed by atoms with Crippen molar-refractivity contribution in [1.29, 1.82) is 10.5 Å². The molecule has 2 heterocycles. The average molecular weight is 229 g/mol. The van der Waals surface area contributed by atoms with Crippen LogP contribution in [0.3, 0.4) is 0 Å². The van der Waals surface area contributed by atoms with Crippen LogP contribution >= 0.6 is 0 Å². The second kappa shape index (κ2) is 4.67. The zero-order valence-electron chi connectivity index (χ0n) is 9.18. The van der Waals surface area contributed by atoms with Crippen LogP contribution in [0.1, 0.15) is 36.7 Å². The predicted octanol–water partition coefficient (Wildman–Crippen LogP) is 0.468. The van der Waals surface area contributed by atoms with Crippen molar-refractivity contribution in [2.75, 3.05) is 6.54 Å². The summed E-state index contributed by atoms with van der Waals surface area (Å²) in [5.74, 6) is -0.110. The molecule has 0 saturated carbocycles. The van der Waals surface area contributed by atoms with Crippen LogP contribution in [0.15, 0.2) is 6.33 Å². The molecule has 1 aliphatic rings. The molecule has 0 aromatic carbocycles. The molecule has 1 unspecified atom stereocenters. The van der Waals surface area contributed by atoms with Crippen molar-refractivity contribution in [1.82, 2.24) is 14.9 Å². The lowest BCUT2D eigenvalue weighted by molar-refractivity contribution is -0.124. The Morgan fingerprint density at radius 3 is 2.94 bits per heavy atom. The maximum atomic E-state index is 11.8. The van der Waals surface area contributed by atoms with Crippen molar-refractivity contribution >= 4 is 5.91 Å². The molecule has 1 amide bonds. The standard InChI is InChI=1S/C11H11N5O/c12-5-8-10(6-13)16(7-15-8)9-3-1-2-4-14-11(9)17/h7,9H,1-4H2,(H,14,17). The Bertz CT molecular complexity index is 519. The lowest BCUT2D eigenvalue weighted by atomic mass is 10.1. The quantitative estimate of drug-likeness (QED) is 0.757. The van der Waals surface area contributed by atoms with Gasteiger partial charge in [0.15, 0.2) is 11.4 Å². The molecule has 1 aliphatic heterocycles. The molecule has 6 heteroatoms. The van der Waals surface area contributed by atoms with Gasteiger partial charge in [0.25, 0.3) is 0 Å². The zero-order chi connectivity index (χ0) is 12.3. The van der Waals surface area contributed by atoms with E-state index in [9.17, 15) is 4.79 Å². The topological polar surface area (TPSA) is 94.5 Å². The highest BCUT2D eigenvalue weighted by Crippen LogP contribution is 2.21. The van der Waals surface area contributed by atoms with Gasteiger partial charge in [-0.05, 0) is 19.3 Å². The molecule has 1 saturated heterocycles. The molecule has 0 radical (unpaired) electrons. The van der Waals surface area contributed by atoms with Gasteiger partial charge in [0, 0.05) is 6.54 Å². The third kappa shape index (κ3) is 1.98. The Labute approximate surface area is 98.5 Å². The van der Waals surface area contributed by atoms with E-state index in [0.717, 1.165) is 12.8 Å². The molecule has 1 aromatic rings. The van der Waals surface area contributed by atoms with Gasteiger partial charge in [0.2, 0.25) is 5.91 Å². The van der Waals surface area contributed by atoms with Crippen molar-refractivity contribution in [3.05, 3.63) is 17.7 Å². The van der Waals surface area contributed by atoms with Crippen LogP contribution in [0.2, 0.25) is 0 Å². The number of amides is 1. The molecule has 0 aliphatic carbocycles. The minimum Gasteiger partial charge on any atom is -0.354 e. The Kier molecular flexibility index (Phi) is 3.06. The SMILES string of the molecule is N#Cc1ncn(C2CCCCNC2=O)c1C#N. The lowest BCUT2D eigenvalue weighted by Gasteiger charge is -2.15. The van der Waals surface area contributed by atoms with Crippen molar-refractivity contribution in [3.63, 3.8) is 0 Å². The van der Waals surface area contributed by atoms with Gasteiger partial charge in [-0.15, -0.1) is 0 Å². The van der Waals surface area contributed by atoms with Gasteiger partial charge < -0.3 is 9.88 Å². The summed E-state index contributed by atoms with van der Waals surface area (Å²) in [5.41, 5.74) is 0.235. The summed E-state index contributed by atoms with van der Waals surface area (Å²) in [5, 5.41) is 20.6. The molecule has 6 nitrogen and oxygen atoms in total. The van der Waals surface area contributed by atoms with Gasteiger partial charge in [0.1, 0.15) is 18.2 Å². The molecule has 1 aromatic heterocycles. The molecule has 0 spiro atoms. The van der Waals surface area contributed by atoms with E-state index in [1.54, 1.807) is 0 Å². The lowest BCUT2D eigenvalue weighted by Crippen LogP contribution is -2.31. The van der Waals surface area contributed by atoms with Crippen LogP contribution in [0.5, 0.6) is 0 Å². The van der Waals surface area contributed by atoms with Crippen LogP contribution in [0.25, 0.3) is 0 Å². The number of rotatable bonds is 1. The number of imidazole rings is 1. The first-order chi connectivity index (χ1) is 8.27. The van der Waals surface area contributed by atoms with E-state index in [2.05, 4.69) is 10.3 Å². The van der Waals surface area contributed by atoms with Gasteiger partial charge in [0.05, 0.1) is 6.33 Å². The molecule has 0 bridgehead atoms. The van der Waals surface area contributed by atoms with Gasteiger partial charge in [-0.25, -0.2) is 4.98 Å². The Hall–Kier alpha value is -2.34. The normalized spacial score (nSPS) is 19.9. The first kappa shape index (κ1) is 11.2. The first-order valence-electron chi connectivity index (χ1n) is 5.42. The highest BCUT2D eigenvalue weighted by atomic mass is 16.2. The molecule has 17 heavy (non-hydrogen) atoms. The molecule has 1 N–H and O–H groups in total. The fourth-order valence-corrected chi connectivity index (χ4v) is 1.98. The number of hydrogen-bond acceptors (Lipinski definition) is 4. The van der Waals surface area contributed by atoms with Crippen LogP contribution in [0, 0.1) is 22.7 Å². The van der Waals surface area contributed by atoms with Crippen molar-refractivity contribution in [2.24, 2.45) is 0 Å². The molecular formula is C11H11N5O. The fourth-order valence-electron chi connectivity index (χ4n) is 1.98. The highest BCUT2D eigenvalue weighted by molar-refractivity contribution is 5.80. The fraction of sp³-hybridized carbons (Fsp3) is 0.455. The number of nitriles is 2. The van der Waals surface area contributed by atoms with E-state index >= 15 is 0 Å². The predicted molar refractivity (Wildman–Crippen MR) is 57.6 cm³/mol. The maximum absolute atomic E-state index is 11.8. The van der Waals surface area contributed by atoms with E-state index in [4.69, 9.17) is 10.5 Å². The summed E-state index contributed by atoms with van der Waals surface area (Å²) >= 11 is 0. The van der Waals surface area contributed by atoms with E-state index < -0.39 is 6.04 Å². The van der Waals surface area contributed by atoms with Crippen LogP contribution in [-0.4, -0.2) is 22.0 Å². The zero-order valence-corrected chi connectivity index (χ0v) is 9.18. The number of carbonyl (C=O) groups is 1. The van der Waals surface area contributed by atoms with Crippen LogP contribution in [-0.2, 0) is 4.79 Å². The third-order valence-corrected chi connectivity index (χ3v) is 2.85. The number of nitrogens with zero attached hydrogens (tertiary/aromatic N) is 4. The van der Waals surface area contributed by atoms with Crippen LogP contribution in [0.4, 0.5) is 0 Å². The van der Waals surface area contributed by atoms with Crippen LogP contribution < -0.4 is 5.32 Å². The van der Waals surface area contributed by atoms with E-state index in [1.807, 2.05) is 12.1 Å². The second-order valence-corrected chi connectivity index (χ2v) is 3.88. The van der Waals surface area contributed by atoms with Crippen molar-refractivity contribution in [2.45, 2.75) is 25.3 Å². The second-order valence-electron chi connectivity index (χ2n) is 3.88. The summed E-state index contributed by atoms with van der Waals surface area (Å²) < 4.78 is 1.50. The molecule has 1 atom stereocenters. The van der Waals surface area contributed by atoms with E-state index in [-0.39, 0.29) is 17.3 Å². The Morgan fingerprint density at radius 2 is 2.24 bits per heavy atom. The minimum absolute atomic E-state index is 0.0737. The minimum atomic E-state index is -0.429. The highest BCUT2D eigenvalue weighted by Gasteiger charge is 2.25. The number of carbonyl (C=O) groups excluding carboxylic acids is 1. The maximum Gasteiger partial charge on any atom is 0.243 e. The van der Waals surface area contributed by atoms with E-state index in [1.165, 1.54) is 10.9 Å². The van der Waals surface area contributed by atoms with Crippen molar-refractivity contribution in [3.8, 4) is 12.1 Å². The third-order valence-electron chi connectivity index (χ3n) is 2.85. The number of nitrogens with one attached hydrogen (secondary N) is 1. The molecule has 86 valence electrons. The summed E-state index contributed by atoms with van der Waals surface area (Å²) in [4.78, 5) is 15.7. The monoisotopic (exact) mass is 229 g/mol. The molecular weight excluding hydrogens is 218 g/mol. The first-order valence-corrected chi connectivity index (χ1v) is 5.42. The molecule has 1 fully saturated rings. The van der Waals surface area contributed by atoms with Gasteiger partial charge >= 0.3 is 0 Å². The smallest absolute Gasteiger partial charge is 0.243 e. The summed E-state index contributed by atoms with van der Waals surface area (Å²) in [6, 6.07) is 3.35. The van der Waals surface area contributed by atoms with Gasteiger partial charge in [-0.2, -0.15) is 10.5 Å². The summed E-state index contributed by atoms with van der Waals surface area (Å²) in [6.45, 7) is 0.664. The Balaban J connectivity index is 2.39. The van der Waals surface area contributed by atoms with E-state index in [0.29, 0.717) is 13.0 Å². The summed E-state index contributed by atoms with van der Waals surface area (Å²) in [6.07, 6.45) is 3.91. The Morgan fingerprint density at radius 1 is 1.41 bits per heavy atom. The summed E-state index contributed by atoms with van der Waals surface area (Å²) in [7, 11) is 0. The van der Waals surface area contributed by atoms with Gasteiger partial charge in [-0.1, -0.05) is 0 Å². The molecule has 2 rings (SSSR count). The largest absolute Gasteiger partial charge is 0.354 e. The number of aromatic nitrogens is 2. The average Bonchev–Trinajstić information content (AvgIpc) is 2.64. The number of hydrogen-bond donors (Lipinski definition) is 1. The van der Waals surface area contributed by atoms with Crippen molar-refractivity contribution < 1.29 is 4.79 Å².